The third-order valence-corrected chi connectivity index (χ3v) is 4.80. The van der Waals surface area contributed by atoms with Crippen molar-refractivity contribution in [3.63, 3.8) is 0 Å². The van der Waals surface area contributed by atoms with E-state index in [2.05, 4.69) is 59.2 Å². The van der Waals surface area contributed by atoms with Crippen LogP contribution in [0.3, 0.4) is 0 Å². The molecule has 0 radical (unpaired) electrons. The summed E-state index contributed by atoms with van der Waals surface area (Å²) in [5.41, 5.74) is 5.07. The topological polar surface area (TPSA) is 31.0 Å². The molecule has 0 atom stereocenters. The van der Waals surface area contributed by atoms with Gasteiger partial charge in [0.15, 0.2) is 5.58 Å². The second-order valence-corrected chi connectivity index (χ2v) is 6.55. The first kappa shape index (κ1) is 15.6. The van der Waals surface area contributed by atoms with E-state index in [9.17, 15) is 0 Å². The molecule has 0 unspecified atom stereocenters. The SMILES string of the molecule is c1ccc(C(c2ccccc2)c2nc3ccc(-n4cccc4)cc3o2)cc1. The normalized spacial score (nSPS) is 11.3. The molecule has 5 rings (SSSR count). The highest BCUT2D eigenvalue weighted by atomic mass is 16.3. The van der Waals surface area contributed by atoms with Gasteiger partial charge in [0.2, 0.25) is 5.89 Å². The molecule has 27 heavy (non-hydrogen) atoms. The number of aromatic nitrogens is 2. The molecular formula is C24H18N2O. The van der Waals surface area contributed by atoms with E-state index >= 15 is 0 Å². The Hall–Kier alpha value is -3.59. The standard InChI is InChI=1S/C24H18N2O/c1-3-9-18(10-4-1)23(19-11-5-2-6-12-19)24-25-21-14-13-20(17-22(21)27-24)26-15-7-8-16-26/h1-17,23H. The highest BCUT2D eigenvalue weighted by molar-refractivity contribution is 5.75. The number of oxazole rings is 1. The zero-order chi connectivity index (χ0) is 18.1. The Kier molecular flexibility index (Phi) is 3.83. The first-order valence-corrected chi connectivity index (χ1v) is 9.02. The Morgan fingerprint density at radius 1 is 0.704 bits per heavy atom. The molecule has 0 amide bonds. The van der Waals surface area contributed by atoms with Gasteiger partial charge in [0.05, 0.1) is 5.92 Å². The van der Waals surface area contributed by atoms with Crippen LogP contribution < -0.4 is 0 Å². The number of hydrogen-bond donors (Lipinski definition) is 0. The van der Waals surface area contributed by atoms with E-state index in [-0.39, 0.29) is 5.92 Å². The van der Waals surface area contributed by atoms with Crippen molar-refractivity contribution < 1.29 is 4.42 Å². The fourth-order valence-corrected chi connectivity index (χ4v) is 3.49. The van der Waals surface area contributed by atoms with E-state index in [1.54, 1.807) is 0 Å². The quantitative estimate of drug-likeness (QED) is 0.410. The molecule has 3 nitrogen and oxygen atoms in total. The number of fused-ring (bicyclic) bond motifs is 1. The number of benzene rings is 3. The fourth-order valence-electron chi connectivity index (χ4n) is 3.49. The van der Waals surface area contributed by atoms with Crippen LogP contribution in [0.5, 0.6) is 0 Å². The lowest BCUT2D eigenvalue weighted by Crippen LogP contribution is -2.03. The van der Waals surface area contributed by atoms with Gasteiger partial charge in [0.25, 0.3) is 0 Å². The maximum absolute atomic E-state index is 6.25. The molecule has 0 saturated heterocycles. The van der Waals surface area contributed by atoms with Crippen LogP contribution in [0.15, 0.2) is 108 Å². The van der Waals surface area contributed by atoms with Crippen LogP contribution in [0.25, 0.3) is 16.8 Å². The van der Waals surface area contributed by atoms with Crippen LogP contribution in [0, 0.1) is 0 Å². The van der Waals surface area contributed by atoms with Crippen LogP contribution in [0.1, 0.15) is 22.9 Å². The summed E-state index contributed by atoms with van der Waals surface area (Å²) in [5, 5.41) is 0. The summed E-state index contributed by atoms with van der Waals surface area (Å²) < 4.78 is 8.32. The molecule has 0 aliphatic heterocycles. The first-order valence-electron chi connectivity index (χ1n) is 9.02. The average molecular weight is 350 g/mol. The number of rotatable bonds is 4. The molecule has 130 valence electrons. The minimum Gasteiger partial charge on any atom is -0.440 e. The first-order chi connectivity index (χ1) is 13.4. The highest BCUT2D eigenvalue weighted by Crippen LogP contribution is 2.33. The van der Waals surface area contributed by atoms with Crippen molar-refractivity contribution >= 4 is 11.1 Å². The Balaban J connectivity index is 1.64. The molecule has 0 aliphatic rings. The van der Waals surface area contributed by atoms with Gasteiger partial charge >= 0.3 is 0 Å². The van der Waals surface area contributed by atoms with Gasteiger partial charge in [0.1, 0.15) is 5.52 Å². The van der Waals surface area contributed by atoms with Crippen LogP contribution in [0.4, 0.5) is 0 Å². The second-order valence-electron chi connectivity index (χ2n) is 6.55. The monoisotopic (exact) mass is 350 g/mol. The third kappa shape index (κ3) is 2.93. The zero-order valence-corrected chi connectivity index (χ0v) is 14.7. The summed E-state index contributed by atoms with van der Waals surface area (Å²) in [6, 6.07) is 30.9. The van der Waals surface area contributed by atoms with E-state index in [4.69, 9.17) is 9.40 Å². The van der Waals surface area contributed by atoms with Gasteiger partial charge < -0.3 is 8.98 Å². The summed E-state index contributed by atoms with van der Waals surface area (Å²) in [6.07, 6.45) is 4.05. The lowest BCUT2D eigenvalue weighted by Gasteiger charge is -2.14. The molecule has 5 aromatic rings. The smallest absolute Gasteiger partial charge is 0.207 e. The van der Waals surface area contributed by atoms with Gasteiger partial charge in [-0.25, -0.2) is 4.98 Å². The maximum atomic E-state index is 6.25. The van der Waals surface area contributed by atoms with Crippen molar-refractivity contribution in [3.8, 4) is 5.69 Å². The van der Waals surface area contributed by atoms with Gasteiger partial charge in [-0.1, -0.05) is 60.7 Å². The van der Waals surface area contributed by atoms with Crippen molar-refractivity contribution in [2.45, 2.75) is 5.92 Å². The summed E-state index contributed by atoms with van der Waals surface area (Å²) in [5.74, 6) is 0.682. The van der Waals surface area contributed by atoms with Crippen LogP contribution in [-0.4, -0.2) is 9.55 Å². The number of nitrogens with zero attached hydrogens (tertiary/aromatic N) is 2. The molecule has 0 aliphatic carbocycles. The zero-order valence-electron chi connectivity index (χ0n) is 14.7. The van der Waals surface area contributed by atoms with Gasteiger partial charge in [-0.2, -0.15) is 0 Å². The fraction of sp³-hybridized carbons (Fsp3) is 0.0417. The lowest BCUT2D eigenvalue weighted by molar-refractivity contribution is 0.522. The predicted molar refractivity (Wildman–Crippen MR) is 107 cm³/mol. The molecule has 0 saturated carbocycles. The summed E-state index contributed by atoms with van der Waals surface area (Å²) >= 11 is 0. The Bertz CT molecular complexity index is 1120. The van der Waals surface area contributed by atoms with Gasteiger partial charge in [-0.05, 0) is 35.4 Å². The van der Waals surface area contributed by atoms with E-state index in [1.165, 1.54) is 11.1 Å². The average Bonchev–Trinajstić information content (AvgIpc) is 3.39. The van der Waals surface area contributed by atoms with E-state index in [0.29, 0.717) is 5.89 Å². The van der Waals surface area contributed by atoms with Crippen molar-refractivity contribution in [2.75, 3.05) is 0 Å². The van der Waals surface area contributed by atoms with Crippen LogP contribution in [0.2, 0.25) is 0 Å². The third-order valence-electron chi connectivity index (χ3n) is 4.80. The minimum absolute atomic E-state index is 0.0326. The van der Waals surface area contributed by atoms with Crippen molar-refractivity contribution in [3.05, 3.63) is 120 Å². The lowest BCUT2D eigenvalue weighted by atomic mass is 9.91. The molecule has 0 bridgehead atoms. The van der Waals surface area contributed by atoms with Crippen molar-refractivity contribution in [2.24, 2.45) is 0 Å². The van der Waals surface area contributed by atoms with E-state index < -0.39 is 0 Å². The second kappa shape index (κ2) is 6.61. The van der Waals surface area contributed by atoms with Crippen molar-refractivity contribution in [1.82, 2.24) is 9.55 Å². The Labute approximate surface area is 157 Å². The van der Waals surface area contributed by atoms with Gasteiger partial charge in [0, 0.05) is 24.1 Å². The van der Waals surface area contributed by atoms with Crippen LogP contribution >= 0.6 is 0 Å². The van der Waals surface area contributed by atoms with E-state index in [0.717, 1.165) is 16.8 Å². The van der Waals surface area contributed by atoms with Crippen LogP contribution in [-0.2, 0) is 0 Å². The van der Waals surface area contributed by atoms with Crippen molar-refractivity contribution in [1.29, 1.82) is 0 Å². The molecule has 0 spiro atoms. The Morgan fingerprint density at radius 3 is 1.96 bits per heavy atom. The minimum atomic E-state index is -0.0326. The van der Waals surface area contributed by atoms with Gasteiger partial charge in [-0.15, -0.1) is 0 Å². The molecule has 2 aromatic heterocycles. The Morgan fingerprint density at radius 2 is 1.33 bits per heavy atom. The summed E-state index contributed by atoms with van der Waals surface area (Å²) in [4.78, 5) is 4.81. The number of hydrogen-bond acceptors (Lipinski definition) is 2. The predicted octanol–water partition coefficient (Wildman–Crippen LogP) is 5.80. The van der Waals surface area contributed by atoms with Gasteiger partial charge in [-0.3, -0.25) is 0 Å². The molecular weight excluding hydrogens is 332 g/mol. The largest absolute Gasteiger partial charge is 0.440 e. The molecule has 2 heterocycles. The molecule has 3 aromatic carbocycles. The molecule has 0 fully saturated rings. The summed E-state index contributed by atoms with van der Waals surface area (Å²) in [6.45, 7) is 0. The summed E-state index contributed by atoms with van der Waals surface area (Å²) in [7, 11) is 0. The molecule has 3 heteroatoms. The molecule has 0 N–H and O–H groups in total. The highest BCUT2D eigenvalue weighted by Gasteiger charge is 2.22. The maximum Gasteiger partial charge on any atom is 0.207 e. The van der Waals surface area contributed by atoms with E-state index in [1.807, 2.05) is 48.8 Å².